The summed E-state index contributed by atoms with van der Waals surface area (Å²) < 4.78 is 0. The molecule has 0 spiro atoms. The van der Waals surface area contributed by atoms with Gasteiger partial charge in [-0.3, -0.25) is 0 Å². The van der Waals surface area contributed by atoms with Gasteiger partial charge >= 0.3 is 0 Å². The first-order chi connectivity index (χ1) is 8.99. The molecule has 0 aliphatic heterocycles. The molecule has 0 aliphatic rings. The summed E-state index contributed by atoms with van der Waals surface area (Å²) in [5, 5.41) is 3.29. The van der Waals surface area contributed by atoms with E-state index in [4.69, 9.17) is 0 Å². The lowest BCUT2D eigenvalue weighted by Crippen LogP contribution is -2.32. The van der Waals surface area contributed by atoms with Gasteiger partial charge in [0.1, 0.15) is 17.5 Å². The SMILES string of the molecule is CCNc1cc(N(C)C(C)CSC)nc(C(C)C)n1. The summed E-state index contributed by atoms with van der Waals surface area (Å²) >= 11 is 1.86. The van der Waals surface area contributed by atoms with E-state index in [9.17, 15) is 0 Å². The van der Waals surface area contributed by atoms with Gasteiger partial charge in [-0.25, -0.2) is 9.97 Å². The van der Waals surface area contributed by atoms with Crippen molar-refractivity contribution in [2.24, 2.45) is 0 Å². The minimum absolute atomic E-state index is 0.335. The highest BCUT2D eigenvalue weighted by molar-refractivity contribution is 7.98. The third kappa shape index (κ3) is 4.56. The Morgan fingerprint density at radius 1 is 1.32 bits per heavy atom. The molecule has 1 rings (SSSR count). The normalized spacial score (nSPS) is 12.6. The van der Waals surface area contributed by atoms with Crippen LogP contribution < -0.4 is 10.2 Å². The van der Waals surface area contributed by atoms with Gasteiger partial charge in [-0.15, -0.1) is 0 Å². The summed E-state index contributed by atoms with van der Waals surface area (Å²) in [6.45, 7) is 9.43. The number of hydrogen-bond acceptors (Lipinski definition) is 5. The number of nitrogens with zero attached hydrogens (tertiary/aromatic N) is 3. The van der Waals surface area contributed by atoms with Crippen LogP contribution in [0.2, 0.25) is 0 Å². The lowest BCUT2D eigenvalue weighted by atomic mass is 10.2. The highest BCUT2D eigenvalue weighted by atomic mass is 32.2. The first-order valence-electron chi connectivity index (χ1n) is 6.84. The third-order valence-corrected chi connectivity index (χ3v) is 3.85. The van der Waals surface area contributed by atoms with E-state index in [2.05, 4.69) is 61.2 Å². The Kier molecular flexibility index (Phi) is 6.42. The van der Waals surface area contributed by atoms with Gasteiger partial charge in [0, 0.05) is 37.4 Å². The molecular formula is C14H26N4S. The van der Waals surface area contributed by atoms with Crippen LogP contribution in [0.3, 0.4) is 0 Å². The Morgan fingerprint density at radius 2 is 2.00 bits per heavy atom. The summed E-state index contributed by atoms with van der Waals surface area (Å²) in [5.74, 6) is 4.24. The monoisotopic (exact) mass is 282 g/mol. The molecule has 0 fully saturated rings. The molecule has 0 aliphatic carbocycles. The predicted molar refractivity (Wildman–Crippen MR) is 86.5 cm³/mol. The molecule has 1 aromatic rings. The van der Waals surface area contributed by atoms with Gasteiger partial charge in [0.15, 0.2) is 0 Å². The number of aromatic nitrogens is 2. The van der Waals surface area contributed by atoms with Gasteiger partial charge in [-0.05, 0) is 20.1 Å². The van der Waals surface area contributed by atoms with Crippen molar-refractivity contribution in [2.45, 2.75) is 39.7 Å². The second-order valence-electron chi connectivity index (χ2n) is 5.07. The average Bonchev–Trinajstić information content (AvgIpc) is 2.38. The standard InChI is InChI=1S/C14H26N4S/c1-7-15-12-8-13(17-14(16-12)10(2)3)18(5)11(4)9-19-6/h8,10-11H,7,9H2,1-6H3,(H,15,16,17). The highest BCUT2D eigenvalue weighted by Gasteiger charge is 2.14. The maximum Gasteiger partial charge on any atom is 0.135 e. The van der Waals surface area contributed by atoms with Crippen molar-refractivity contribution in [1.82, 2.24) is 9.97 Å². The molecule has 1 heterocycles. The molecule has 1 aromatic heterocycles. The van der Waals surface area contributed by atoms with Crippen molar-refractivity contribution in [3.05, 3.63) is 11.9 Å². The molecule has 0 aromatic carbocycles. The minimum atomic E-state index is 0.335. The number of anilines is 2. The molecular weight excluding hydrogens is 256 g/mol. The highest BCUT2D eigenvalue weighted by Crippen LogP contribution is 2.21. The Bertz CT molecular complexity index is 395. The molecule has 4 nitrogen and oxygen atoms in total. The van der Waals surface area contributed by atoms with Crippen LogP contribution in [0.25, 0.3) is 0 Å². The van der Waals surface area contributed by atoms with Crippen molar-refractivity contribution >= 4 is 23.4 Å². The van der Waals surface area contributed by atoms with E-state index in [1.807, 2.05) is 17.8 Å². The summed E-state index contributed by atoms with van der Waals surface area (Å²) in [6, 6.07) is 2.49. The fraction of sp³-hybridized carbons (Fsp3) is 0.714. The summed E-state index contributed by atoms with van der Waals surface area (Å²) in [6.07, 6.45) is 2.13. The quantitative estimate of drug-likeness (QED) is 0.831. The van der Waals surface area contributed by atoms with Crippen molar-refractivity contribution in [1.29, 1.82) is 0 Å². The summed E-state index contributed by atoms with van der Waals surface area (Å²) in [7, 11) is 2.10. The van der Waals surface area contributed by atoms with Crippen LogP contribution in [0, 0.1) is 0 Å². The zero-order valence-electron chi connectivity index (χ0n) is 12.9. The van der Waals surface area contributed by atoms with Crippen LogP contribution in [0.5, 0.6) is 0 Å². The molecule has 0 saturated carbocycles. The molecule has 0 saturated heterocycles. The fourth-order valence-electron chi connectivity index (χ4n) is 1.74. The van der Waals surface area contributed by atoms with Crippen LogP contribution in [-0.4, -0.2) is 41.6 Å². The number of thioether (sulfide) groups is 1. The van der Waals surface area contributed by atoms with E-state index >= 15 is 0 Å². The van der Waals surface area contributed by atoms with Crippen LogP contribution in [0.4, 0.5) is 11.6 Å². The maximum atomic E-state index is 4.68. The predicted octanol–water partition coefficient (Wildman–Crippen LogP) is 3.22. The maximum absolute atomic E-state index is 4.68. The van der Waals surface area contributed by atoms with Crippen LogP contribution >= 0.6 is 11.8 Å². The second kappa shape index (κ2) is 7.58. The molecule has 108 valence electrons. The van der Waals surface area contributed by atoms with E-state index in [1.165, 1.54) is 0 Å². The largest absolute Gasteiger partial charge is 0.370 e. The van der Waals surface area contributed by atoms with Crippen molar-refractivity contribution in [3.8, 4) is 0 Å². The lowest BCUT2D eigenvalue weighted by molar-refractivity contribution is 0.725. The van der Waals surface area contributed by atoms with Gasteiger partial charge in [0.05, 0.1) is 0 Å². The van der Waals surface area contributed by atoms with Crippen molar-refractivity contribution < 1.29 is 0 Å². The molecule has 1 unspecified atom stereocenters. The van der Waals surface area contributed by atoms with E-state index in [1.54, 1.807) is 0 Å². The third-order valence-electron chi connectivity index (χ3n) is 3.03. The average molecular weight is 282 g/mol. The molecule has 0 amide bonds. The number of rotatable bonds is 7. The molecule has 1 atom stereocenters. The van der Waals surface area contributed by atoms with Gasteiger partial charge in [-0.1, -0.05) is 13.8 Å². The van der Waals surface area contributed by atoms with Gasteiger partial charge < -0.3 is 10.2 Å². The van der Waals surface area contributed by atoms with Gasteiger partial charge in [0.25, 0.3) is 0 Å². The number of hydrogen-bond donors (Lipinski definition) is 1. The van der Waals surface area contributed by atoms with E-state index in [0.717, 1.165) is 29.8 Å². The van der Waals surface area contributed by atoms with Gasteiger partial charge in [0.2, 0.25) is 0 Å². The van der Waals surface area contributed by atoms with Crippen molar-refractivity contribution in [2.75, 3.05) is 35.8 Å². The summed E-state index contributed by atoms with van der Waals surface area (Å²) in [4.78, 5) is 11.5. The van der Waals surface area contributed by atoms with Crippen LogP contribution in [0.15, 0.2) is 6.07 Å². The Morgan fingerprint density at radius 3 is 2.53 bits per heavy atom. The lowest BCUT2D eigenvalue weighted by Gasteiger charge is -2.26. The first kappa shape index (κ1) is 16.1. The van der Waals surface area contributed by atoms with E-state index in [0.29, 0.717) is 12.0 Å². The van der Waals surface area contributed by atoms with E-state index in [-0.39, 0.29) is 0 Å². The Balaban J connectivity index is 3.04. The molecule has 0 radical (unpaired) electrons. The van der Waals surface area contributed by atoms with Crippen LogP contribution in [-0.2, 0) is 0 Å². The fourth-order valence-corrected chi connectivity index (χ4v) is 2.45. The Labute approximate surface area is 121 Å². The molecule has 5 heteroatoms. The zero-order chi connectivity index (χ0) is 14.4. The second-order valence-corrected chi connectivity index (χ2v) is 5.98. The summed E-state index contributed by atoms with van der Waals surface area (Å²) in [5.41, 5.74) is 0. The van der Waals surface area contributed by atoms with Gasteiger partial charge in [-0.2, -0.15) is 11.8 Å². The smallest absolute Gasteiger partial charge is 0.135 e. The minimum Gasteiger partial charge on any atom is -0.370 e. The zero-order valence-corrected chi connectivity index (χ0v) is 13.7. The molecule has 19 heavy (non-hydrogen) atoms. The number of nitrogens with one attached hydrogen (secondary N) is 1. The van der Waals surface area contributed by atoms with Crippen LogP contribution in [0.1, 0.15) is 39.4 Å². The molecule has 0 bridgehead atoms. The first-order valence-corrected chi connectivity index (χ1v) is 8.23. The molecule has 1 N–H and O–H groups in total. The van der Waals surface area contributed by atoms with Crippen molar-refractivity contribution in [3.63, 3.8) is 0 Å². The van der Waals surface area contributed by atoms with E-state index < -0.39 is 0 Å². The topological polar surface area (TPSA) is 41.0 Å². The Hall–Kier alpha value is -0.970.